The zero-order valence-corrected chi connectivity index (χ0v) is 26.7. The number of fused-ring (bicyclic) bond motifs is 7. The molecule has 8 aromatic carbocycles. The minimum Gasteiger partial charge on any atom is -0.0622 e. The predicted molar refractivity (Wildman–Crippen MR) is 201 cm³/mol. The van der Waals surface area contributed by atoms with Gasteiger partial charge in [0.05, 0.1) is 0 Å². The third-order valence-corrected chi connectivity index (χ3v) is 10.3. The third kappa shape index (κ3) is 4.37. The second-order valence-corrected chi connectivity index (χ2v) is 13.3. The summed E-state index contributed by atoms with van der Waals surface area (Å²) in [5.41, 5.74) is 15.4. The van der Waals surface area contributed by atoms with Crippen molar-refractivity contribution in [3.8, 4) is 55.6 Å². The van der Waals surface area contributed by atoms with Crippen molar-refractivity contribution in [3.63, 3.8) is 0 Å². The summed E-state index contributed by atoms with van der Waals surface area (Å²) in [4.78, 5) is 0. The first-order valence-electron chi connectivity index (χ1n) is 16.5. The van der Waals surface area contributed by atoms with Gasteiger partial charge in [-0.3, -0.25) is 0 Å². The van der Waals surface area contributed by atoms with E-state index < -0.39 is 0 Å². The standard InChI is InChI=1S/C47H34/c1-47(2)43-29-41(35-25-21-33(22-26-35)31-13-5-3-6-14-31)37-17-9-11-19-39(37)45(43)46-40-20-12-10-18-38(40)42(30-44(46)47)36-27-23-34(24-28-36)32-15-7-4-8-16-32/h3-30H,1-2H3. The Balaban J connectivity index is 1.24. The van der Waals surface area contributed by atoms with Gasteiger partial charge in [0.2, 0.25) is 0 Å². The summed E-state index contributed by atoms with van der Waals surface area (Å²) in [5.74, 6) is 0. The molecular formula is C47H34. The summed E-state index contributed by atoms with van der Waals surface area (Å²) in [7, 11) is 0. The Kier molecular flexibility index (Phi) is 6.27. The lowest BCUT2D eigenvalue weighted by Crippen LogP contribution is -2.15. The van der Waals surface area contributed by atoms with E-state index in [1.165, 1.54) is 88.3 Å². The summed E-state index contributed by atoms with van der Waals surface area (Å²) in [6, 6.07) is 62.4. The molecular weight excluding hydrogens is 565 g/mol. The number of hydrogen-bond acceptors (Lipinski definition) is 0. The van der Waals surface area contributed by atoms with Gasteiger partial charge in [0.1, 0.15) is 0 Å². The molecule has 0 nitrogen and oxygen atoms in total. The quantitative estimate of drug-likeness (QED) is 0.189. The Hall–Kier alpha value is -5.72. The highest BCUT2D eigenvalue weighted by atomic mass is 14.4. The highest BCUT2D eigenvalue weighted by Gasteiger charge is 2.39. The molecule has 222 valence electrons. The molecule has 0 unspecified atom stereocenters. The largest absolute Gasteiger partial charge is 0.0622 e. The highest BCUT2D eigenvalue weighted by molar-refractivity contribution is 6.16. The van der Waals surface area contributed by atoms with Crippen LogP contribution in [-0.4, -0.2) is 0 Å². The second kappa shape index (κ2) is 10.7. The van der Waals surface area contributed by atoms with E-state index >= 15 is 0 Å². The zero-order valence-electron chi connectivity index (χ0n) is 26.7. The first-order chi connectivity index (χ1) is 23.1. The smallest absolute Gasteiger partial charge is 0.0159 e. The highest BCUT2D eigenvalue weighted by Crippen LogP contribution is 2.56. The van der Waals surface area contributed by atoms with Crippen LogP contribution >= 0.6 is 0 Å². The van der Waals surface area contributed by atoms with Crippen LogP contribution in [0.2, 0.25) is 0 Å². The molecule has 47 heavy (non-hydrogen) atoms. The third-order valence-electron chi connectivity index (χ3n) is 10.3. The predicted octanol–water partition coefficient (Wildman–Crippen LogP) is 13.0. The number of benzene rings is 8. The number of hydrogen-bond donors (Lipinski definition) is 0. The molecule has 0 aromatic heterocycles. The minimum atomic E-state index is -0.170. The van der Waals surface area contributed by atoms with E-state index in [0.717, 1.165) is 0 Å². The second-order valence-electron chi connectivity index (χ2n) is 13.3. The van der Waals surface area contributed by atoms with Crippen LogP contribution < -0.4 is 0 Å². The van der Waals surface area contributed by atoms with Crippen molar-refractivity contribution in [2.75, 3.05) is 0 Å². The van der Waals surface area contributed by atoms with Gasteiger partial charge in [-0.25, -0.2) is 0 Å². The Bertz CT molecular complexity index is 2260. The topological polar surface area (TPSA) is 0 Å². The van der Waals surface area contributed by atoms with Crippen LogP contribution in [0.15, 0.2) is 170 Å². The van der Waals surface area contributed by atoms with Crippen LogP contribution in [0.3, 0.4) is 0 Å². The molecule has 1 aliphatic rings. The average Bonchev–Trinajstić information content (AvgIpc) is 3.38. The monoisotopic (exact) mass is 598 g/mol. The van der Waals surface area contributed by atoms with Crippen molar-refractivity contribution in [3.05, 3.63) is 181 Å². The van der Waals surface area contributed by atoms with Crippen molar-refractivity contribution in [1.82, 2.24) is 0 Å². The summed E-state index contributed by atoms with van der Waals surface area (Å²) in [6.07, 6.45) is 0. The molecule has 0 spiro atoms. The molecule has 0 amide bonds. The normalized spacial score (nSPS) is 13.1. The van der Waals surface area contributed by atoms with Gasteiger partial charge in [-0.1, -0.05) is 172 Å². The van der Waals surface area contributed by atoms with Crippen LogP contribution in [-0.2, 0) is 5.41 Å². The van der Waals surface area contributed by atoms with Gasteiger partial charge in [0.25, 0.3) is 0 Å². The van der Waals surface area contributed by atoms with Crippen molar-refractivity contribution in [2.24, 2.45) is 0 Å². The SMILES string of the molecule is CC1(C)c2cc(-c3ccc(-c4ccccc4)cc3)c3ccccc3c2-c2c1cc(-c1ccc(-c3ccccc3)cc1)c1ccccc21. The van der Waals surface area contributed by atoms with E-state index in [0.29, 0.717) is 0 Å². The Morgan fingerprint density at radius 1 is 0.298 bits per heavy atom. The Labute approximate surface area is 276 Å². The maximum atomic E-state index is 2.48. The van der Waals surface area contributed by atoms with Crippen molar-refractivity contribution < 1.29 is 0 Å². The molecule has 0 bridgehead atoms. The van der Waals surface area contributed by atoms with Gasteiger partial charge in [-0.2, -0.15) is 0 Å². The van der Waals surface area contributed by atoms with Crippen LogP contribution in [0.1, 0.15) is 25.0 Å². The number of rotatable bonds is 4. The molecule has 0 N–H and O–H groups in total. The molecule has 0 saturated heterocycles. The van der Waals surface area contributed by atoms with Gasteiger partial charge in [0.15, 0.2) is 0 Å². The van der Waals surface area contributed by atoms with Crippen LogP contribution in [0.5, 0.6) is 0 Å². The van der Waals surface area contributed by atoms with Crippen LogP contribution in [0.4, 0.5) is 0 Å². The van der Waals surface area contributed by atoms with Gasteiger partial charge >= 0.3 is 0 Å². The van der Waals surface area contributed by atoms with Gasteiger partial charge in [-0.05, 0) is 100 Å². The molecule has 0 heteroatoms. The van der Waals surface area contributed by atoms with E-state index in [1.54, 1.807) is 0 Å². The lowest BCUT2D eigenvalue weighted by atomic mass is 9.79. The molecule has 0 saturated carbocycles. The zero-order chi connectivity index (χ0) is 31.5. The molecule has 0 fully saturated rings. The van der Waals surface area contributed by atoms with Crippen LogP contribution in [0.25, 0.3) is 77.2 Å². The Morgan fingerprint density at radius 2 is 0.596 bits per heavy atom. The minimum absolute atomic E-state index is 0.170. The summed E-state index contributed by atoms with van der Waals surface area (Å²) in [5, 5.41) is 5.24. The fourth-order valence-electron chi connectivity index (χ4n) is 7.84. The summed E-state index contributed by atoms with van der Waals surface area (Å²) < 4.78 is 0. The fourth-order valence-corrected chi connectivity index (χ4v) is 7.84. The lowest BCUT2D eigenvalue weighted by Gasteiger charge is -2.24. The van der Waals surface area contributed by atoms with E-state index in [1.807, 2.05) is 0 Å². The van der Waals surface area contributed by atoms with E-state index in [2.05, 4.69) is 184 Å². The molecule has 0 radical (unpaired) electrons. The van der Waals surface area contributed by atoms with Crippen molar-refractivity contribution in [2.45, 2.75) is 19.3 Å². The van der Waals surface area contributed by atoms with Gasteiger partial charge in [-0.15, -0.1) is 0 Å². The summed E-state index contributed by atoms with van der Waals surface area (Å²) >= 11 is 0. The average molecular weight is 599 g/mol. The molecule has 0 atom stereocenters. The molecule has 8 aromatic rings. The van der Waals surface area contributed by atoms with Crippen molar-refractivity contribution >= 4 is 21.5 Å². The van der Waals surface area contributed by atoms with Crippen LogP contribution in [0, 0.1) is 0 Å². The molecule has 1 aliphatic carbocycles. The lowest BCUT2D eigenvalue weighted by molar-refractivity contribution is 0.661. The fraction of sp³-hybridized carbons (Fsp3) is 0.0638. The first-order valence-corrected chi connectivity index (χ1v) is 16.5. The van der Waals surface area contributed by atoms with E-state index in [-0.39, 0.29) is 5.41 Å². The molecule has 9 rings (SSSR count). The van der Waals surface area contributed by atoms with E-state index in [4.69, 9.17) is 0 Å². The summed E-state index contributed by atoms with van der Waals surface area (Å²) in [6.45, 7) is 4.82. The van der Waals surface area contributed by atoms with Gasteiger partial charge < -0.3 is 0 Å². The maximum absolute atomic E-state index is 2.48. The van der Waals surface area contributed by atoms with Gasteiger partial charge in [0, 0.05) is 5.41 Å². The first kappa shape index (κ1) is 27.6. The van der Waals surface area contributed by atoms with E-state index in [9.17, 15) is 0 Å². The maximum Gasteiger partial charge on any atom is 0.0159 e. The Morgan fingerprint density at radius 3 is 0.979 bits per heavy atom. The molecule has 0 aliphatic heterocycles. The molecule has 0 heterocycles. The van der Waals surface area contributed by atoms with Crippen molar-refractivity contribution in [1.29, 1.82) is 0 Å².